The summed E-state index contributed by atoms with van der Waals surface area (Å²) in [6, 6.07) is 4.96. The molecule has 164 valence electrons. The summed E-state index contributed by atoms with van der Waals surface area (Å²) < 4.78 is 15.3. The Kier molecular flexibility index (Phi) is 8.89. The van der Waals surface area contributed by atoms with Crippen LogP contribution in [0.15, 0.2) is 35.8 Å². The lowest BCUT2D eigenvalue weighted by molar-refractivity contribution is 0.192. The standard InChI is InChI=1S/C21H31ClFN7/c1-2-24-21(25-9-3-4-10-30-15-26-27-16-30)28-19-6-5-11-29(14-19)13-17-7-8-18(23)12-20(17)22/h7-8,12,15-16,19H,2-6,9-11,13-14H2,1H3,(H2,24,25,28). The van der Waals surface area contributed by atoms with E-state index in [0.29, 0.717) is 11.1 Å². The maximum Gasteiger partial charge on any atom is 0.191 e. The predicted molar refractivity (Wildman–Crippen MR) is 118 cm³/mol. The predicted octanol–water partition coefficient (Wildman–Crippen LogP) is 3.07. The van der Waals surface area contributed by atoms with Gasteiger partial charge in [0.2, 0.25) is 0 Å². The van der Waals surface area contributed by atoms with Crippen molar-refractivity contribution in [2.75, 3.05) is 26.2 Å². The lowest BCUT2D eigenvalue weighted by Gasteiger charge is -2.34. The summed E-state index contributed by atoms with van der Waals surface area (Å²) in [5.41, 5.74) is 0.965. The molecule has 1 atom stereocenters. The van der Waals surface area contributed by atoms with Crippen LogP contribution >= 0.6 is 11.6 Å². The molecule has 0 saturated carbocycles. The monoisotopic (exact) mass is 435 g/mol. The molecular formula is C21H31ClFN7. The van der Waals surface area contributed by atoms with Crippen molar-refractivity contribution in [2.24, 2.45) is 4.99 Å². The Labute approximate surface area is 182 Å². The van der Waals surface area contributed by atoms with Gasteiger partial charge in [0.25, 0.3) is 0 Å². The SMILES string of the molecule is CCNC(=NCCCCn1cnnc1)NC1CCCN(Cc2ccc(F)cc2Cl)C1. The van der Waals surface area contributed by atoms with Crippen LogP contribution in [0.5, 0.6) is 0 Å². The van der Waals surface area contributed by atoms with Crippen molar-refractivity contribution in [3.63, 3.8) is 0 Å². The highest BCUT2D eigenvalue weighted by atomic mass is 35.5. The van der Waals surface area contributed by atoms with Crippen molar-refractivity contribution in [2.45, 2.75) is 51.7 Å². The normalized spacial score (nSPS) is 17.8. The van der Waals surface area contributed by atoms with Gasteiger partial charge in [-0.05, 0) is 56.8 Å². The lowest BCUT2D eigenvalue weighted by atomic mass is 10.0. The van der Waals surface area contributed by atoms with E-state index in [1.54, 1.807) is 18.7 Å². The van der Waals surface area contributed by atoms with Crippen molar-refractivity contribution in [1.29, 1.82) is 0 Å². The minimum Gasteiger partial charge on any atom is -0.357 e. The maximum atomic E-state index is 13.3. The summed E-state index contributed by atoms with van der Waals surface area (Å²) in [5, 5.41) is 15.1. The number of aromatic nitrogens is 3. The topological polar surface area (TPSA) is 70.4 Å². The first-order chi connectivity index (χ1) is 14.6. The molecule has 3 rings (SSSR count). The van der Waals surface area contributed by atoms with E-state index < -0.39 is 0 Å². The molecule has 1 saturated heterocycles. The molecule has 1 fully saturated rings. The van der Waals surface area contributed by atoms with Gasteiger partial charge in [-0.1, -0.05) is 17.7 Å². The van der Waals surface area contributed by atoms with Crippen molar-refractivity contribution in [3.8, 4) is 0 Å². The lowest BCUT2D eigenvalue weighted by Crippen LogP contribution is -2.51. The highest BCUT2D eigenvalue weighted by Gasteiger charge is 2.21. The molecule has 0 bridgehead atoms. The van der Waals surface area contributed by atoms with Crippen LogP contribution in [-0.4, -0.2) is 57.8 Å². The Bertz CT molecular complexity index is 797. The van der Waals surface area contributed by atoms with Crippen LogP contribution in [0, 0.1) is 5.82 Å². The van der Waals surface area contributed by atoms with Gasteiger partial charge in [-0.25, -0.2) is 4.39 Å². The molecule has 1 aromatic heterocycles. The van der Waals surface area contributed by atoms with Gasteiger partial charge in [0.15, 0.2) is 5.96 Å². The third-order valence-corrected chi connectivity index (χ3v) is 5.51. The van der Waals surface area contributed by atoms with E-state index in [1.807, 2.05) is 4.57 Å². The molecule has 1 unspecified atom stereocenters. The minimum absolute atomic E-state index is 0.296. The van der Waals surface area contributed by atoms with E-state index in [4.69, 9.17) is 16.6 Å². The van der Waals surface area contributed by atoms with Crippen molar-refractivity contribution in [1.82, 2.24) is 30.3 Å². The van der Waals surface area contributed by atoms with Gasteiger partial charge in [0.05, 0.1) is 0 Å². The third kappa shape index (κ3) is 7.25. The number of aryl methyl sites for hydroxylation is 1. The molecule has 0 amide bonds. The number of benzene rings is 1. The van der Waals surface area contributed by atoms with Crippen LogP contribution in [0.3, 0.4) is 0 Å². The molecule has 1 aromatic carbocycles. The summed E-state index contributed by atoms with van der Waals surface area (Å²) in [5.74, 6) is 0.573. The zero-order chi connectivity index (χ0) is 21.2. The number of likely N-dealkylation sites (tertiary alicyclic amines) is 1. The van der Waals surface area contributed by atoms with Crippen LogP contribution in [0.4, 0.5) is 4.39 Å². The Hall–Kier alpha value is -2.19. The molecule has 1 aliphatic rings. The van der Waals surface area contributed by atoms with Gasteiger partial charge in [-0.3, -0.25) is 9.89 Å². The van der Waals surface area contributed by atoms with E-state index in [9.17, 15) is 4.39 Å². The molecule has 7 nitrogen and oxygen atoms in total. The average molecular weight is 436 g/mol. The quantitative estimate of drug-likeness (QED) is 0.360. The average Bonchev–Trinajstić information content (AvgIpc) is 3.24. The summed E-state index contributed by atoms with van der Waals surface area (Å²) in [6.07, 6.45) is 7.73. The van der Waals surface area contributed by atoms with Crippen molar-refractivity contribution < 1.29 is 4.39 Å². The zero-order valence-electron chi connectivity index (χ0n) is 17.5. The summed E-state index contributed by atoms with van der Waals surface area (Å²) in [6.45, 7) is 7.25. The second kappa shape index (κ2) is 11.9. The van der Waals surface area contributed by atoms with Gasteiger partial charge < -0.3 is 15.2 Å². The molecular weight excluding hydrogens is 405 g/mol. The third-order valence-electron chi connectivity index (χ3n) is 5.16. The Morgan fingerprint density at radius 3 is 2.90 bits per heavy atom. The van der Waals surface area contributed by atoms with Gasteiger partial charge in [-0.15, -0.1) is 10.2 Å². The fourth-order valence-corrected chi connectivity index (χ4v) is 3.88. The molecule has 2 heterocycles. The molecule has 0 spiro atoms. The number of nitrogens with zero attached hydrogens (tertiary/aromatic N) is 5. The van der Waals surface area contributed by atoms with E-state index in [1.165, 1.54) is 12.1 Å². The first-order valence-electron chi connectivity index (χ1n) is 10.7. The van der Waals surface area contributed by atoms with Gasteiger partial charge >= 0.3 is 0 Å². The second-order valence-electron chi connectivity index (χ2n) is 7.62. The Balaban J connectivity index is 1.46. The number of piperidine rings is 1. The Morgan fingerprint density at radius 1 is 1.30 bits per heavy atom. The highest BCUT2D eigenvalue weighted by Crippen LogP contribution is 2.21. The number of aliphatic imine (C=N–C) groups is 1. The number of guanidine groups is 1. The van der Waals surface area contributed by atoms with E-state index in [2.05, 4.69) is 32.7 Å². The van der Waals surface area contributed by atoms with Gasteiger partial charge in [0, 0.05) is 43.8 Å². The summed E-state index contributed by atoms with van der Waals surface area (Å²) >= 11 is 6.21. The minimum atomic E-state index is -0.296. The first kappa shape index (κ1) is 22.5. The number of halogens is 2. The number of hydrogen-bond acceptors (Lipinski definition) is 4. The Morgan fingerprint density at radius 2 is 2.13 bits per heavy atom. The molecule has 30 heavy (non-hydrogen) atoms. The largest absolute Gasteiger partial charge is 0.357 e. The van der Waals surface area contributed by atoms with Gasteiger partial charge in [-0.2, -0.15) is 0 Å². The summed E-state index contributed by atoms with van der Waals surface area (Å²) in [4.78, 5) is 7.10. The van der Waals surface area contributed by atoms with Gasteiger partial charge in [0.1, 0.15) is 18.5 Å². The highest BCUT2D eigenvalue weighted by molar-refractivity contribution is 6.31. The fourth-order valence-electron chi connectivity index (χ4n) is 3.66. The zero-order valence-corrected chi connectivity index (χ0v) is 18.3. The molecule has 2 N–H and O–H groups in total. The maximum absolute atomic E-state index is 13.3. The fraction of sp³-hybridized carbons (Fsp3) is 0.571. The molecule has 0 aliphatic carbocycles. The van der Waals surface area contributed by atoms with Crippen LogP contribution < -0.4 is 10.6 Å². The number of hydrogen-bond donors (Lipinski definition) is 2. The van der Waals surface area contributed by atoms with E-state index >= 15 is 0 Å². The van der Waals surface area contributed by atoms with Crippen molar-refractivity contribution >= 4 is 17.6 Å². The summed E-state index contributed by atoms with van der Waals surface area (Å²) in [7, 11) is 0. The molecule has 2 aromatic rings. The van der Waals surface area contributed by atoms with Crippen LogP contribution in [0.2, 0.25) is 5.02 Å². The van der Waals surface area contributed by atoms with Crippen molar-refractivity contribution in [3.05, 3.63) is 47.3 Å². The number of rotatable bonds is 9. The molecule has 1 aliphatic heterocycles. The molecule has 9 heteroatoms. The van der Waals surface area contributed by atoms with E-state index in [0.717, 1.165) is 76.5 Å². The van der Waals surface area contributed by atoms with Crippen LogP contribution in [0.1, 0.15) is 38.2 Å². The smallest absolute Gasteiger partial charge is 0.191 e. The molecule has 0 radical (unpaired) electrons. The number of unbranched alkanes of at least 4 members (excludes halogenated alkanes) is 1. The first-order valence-corrected chi connectivity index (χ1v) is 11.1. The van der Waals surface area contributed by atoms with E-state index in [-0.39, 0.29) is 5.82 Å². The number of nitrogens with one attached hydrogen (secondary N) is 2. The van der Waals surface area contributed by atoms with Crippen LogP contribution in [-0.2, 0) is 13.1 Å². The second-order valence-corrected chi connectivity index (χ2v) is 8.03. The van der Waals surface area contributed by atoms with Crippen LogP contribution in [0.25, 0.3) is 0 Å².